The lowest BCUT2D eigenvalue weighted by molar-refractivity contribution is -0.123. The molecule has 0 heterocycles. The summed E-state index contributed by atoms with van der Waals surface area (Å²) in [6, 6.07) is 0. The molecular formula is C8H17NO. The van der Waals surface area contributed by atoms with Crippen molar-refractivity contribution in [1.82, 2.24) is 0 Å². The molecule has 2 N–H and O–H groups in total. The second kappa shape index (κ2) is 3.59. The zero-order chi connectivity index (χ0) is 8.31. The summed E-state index contributed by atoms with van der Waals surface area (Å²) in [6.07, 6.45) is 0. The Morgan fingerprint density at radius 3 is 1.70 bits per heavy atom. The van der Waals surface area contributed by atoms with Crippen LogP contribution in [0.3, 0.4) is 0 Å². The van der Waals surface area contributed by atoms with Crippen molar-refractivity contribution in [2.45, 2.75) is 27.7 Å². The van der Waals surface area contributed by atoms with Gasteiger partial charge in [0.05, 0.1) is 0 Å². The van der Waals surface area contributed by atoms with Crippen LogP contribution in [0.2, 0.25) is 0 Å². The first-order valence-electron chi connectivity index (χ1n) is 3.76. The Labute approximate surface area is 62.8 Å². The molecule has 0 spiro atoms. The molecule has 0 saturated carbocycles. The van der Waals surface area contributed by atoms with Crippen molar-refractivity contribution < 1.29 is 4.79 Å². The van der Waals surface area contributed by atoms with Gasteiger partial charge >= 0.3 is 0 Å². The van der Waals surface area contributed by atoms with E-state index in [-0.39, 0.29) is 11.8 Å². The Morgan fingerprint density at radius 2 is 1.60 bits per heavy atom. The summed E-state index contributed by atoms with van der Waals surface area (Å²) in [5, 5.41) is 0. The standard InChI is InChI=1S/C8H17NO/c1-5(2)6(3)7(4)8(9)10/h5-7H,1-4H3,(H2,9,10). The summed E-state index contributed by atoms with van der Waals surface area (Å²) >= 11 is 0. The summed E-state index contributed by atoms with van der Waals surface area (Å²) in [6.45, 7) is 8.14. The first kappa shape index (κ1) is 9.47. The minimum atomic E-state index is -0.193. The van der Waals surface area contributed by atoms with Gasteiger partial charge in [-0.25, -0.2) is 0 Å². The largest absolute Gasteiger partial charge is 0.369 e. The van der Waals surface area contributed by atoms with E-state index in [1.807, 2.05) is 6.92 Å². The maximum Gasteiger partial charge on any atom is 0.220 e. The van der Waals surface area contributed by atoms with Crippen molar-refractivity contribution in [1.29, 1.82) is 0 Å². The Kier molecular flexibility index (Phi) is 3.40. The lowest BCUT2D eigenvalue weighted by atomic mass is 9.86. The SMILES string of the molecule is CC(C)C(C)C(C)C(N)=O. The number of carbonyl (C=O) groups excluding carboxylic acids is 1. The van der Waals surface area contributed by atoms with Crippen molar-refractivity contribution in [2.75, 3.05) is 0 Å². The van der Waals surface area contributed by atoms with Gasteiger partial charge in [0.15, 0.2) is 0 Å². The molecule has 1 amide bonds. The van der Waals surface area contributed by atoms with Gasteiger partial charge in [-0.1, -0.05) is 27.7 Å². The van der Waals surface area contributed by atoms with Gasteiger partial charge in [-0.05, 0) is 11.8 Å². The molecule has 2 nitrogen and oxygen atoms in total. The second-order valence-corrected chi connectivity index (χ2v) is 3.29. The van der Waals surface area contributed by atoms with Crippen molar-refractivity contribution in [3.8, 4) is 0 Å². The maximum atomic E-state index is 10.7. The molecule has 0 rings (SSSR count). The summed E-state index contributed by atoms with van der Waals surface area (Å²) in [5.41, 5.74) is 5.14. The highest BCUT2D eigenvalue weighted by molar-refractivity contribution is 5.76. The smallest absolute Gasteiger partial charge is 0.220 e. The molecule has 0 aliphatic rings. The molecule has 0 aromatic carbocycles. The zero-order valence-corrected chi connectivity index (χ0v) is 7.22. The van der Waals surface area contributed by atoms with E-state index in [1.54, 1.807) is 0 Å². The van der Waals surface area contributed by atoms with E-state index in [0.717, 1.165) is 0 Å². The van der Waals surface area contributed by atoms with Crippen LogP contribution in [0, 0.1) is 17.8 Å². The maximum absolute atomic E-state index is 10.7. The van der Waals surface area contributed by atoms with E-state index in [9.17, 15) is 4.79 Å². The Bertz CT molecular complexity index is 120. The molecule has 0 aromatic heterocycles. The number of carbonyl (C=O) groups is 1. The monoisotopic (exact) mass is 143 g/mol. The summed E-state index contributed by atoms with van der Waals surface area (Å²) < 4.78 is 0. The molecule has 10 heavy (non-hydrogen) atoms. The first-order chi connectivity index (χ1) is 4.46. The minimum absolute atomic E-state index is 0.000000000000000222. The molecule has 0 radical (unpaired) electrons. The van der Waals surface area contributed by atoms with Crippen LogP contribution in [-0.4, -0.2) is 5.91 Å². The predicted octanol–water partition coefficient (Wildman–Crippen LogP) is 1.40. The Morgan fingerprint density at radius 1 is 1.20 bits per heavy atom. The van der Waals surface area contributed by atoms with Gasteiger partial charge in [-0.15, -0.1) is 0 Å². The second-order valence-electron chi connectivity index (χ2n) is 3.29. The van der Waals surface area contributed by atoms with Crippen LogP contribution in [0.15, 0.2) is 0 Å². The third kappa shape index (κ3) is 2.38. The van der Waals surface area contributed by atoms with E-state index in [2.05, 4.69) is 20.8 Å². The molecule has 0 fully saturated rings. The molecular weight excluding hydrogens is 126 g/mol. The minimum Gasteiger partial charge on any atom is -0.369 e. The molecule has 0 aliphatic carbocycles. The average Bonchev–Trinajstić information content (AvgIpc) is 1.84. The predicted molar refractivity (Wildman–Crippen MR) is 42.4 cm³/mol. The van der Waals surface area contributed by atoms with Gasteiger partial charge in [0.1, 0.15) is 0 Å². The third-order valence-corrected chi connectivity index (χ3v) is 2.29. The summed E-state index contributed by atoms with van der Waals surface area (Å²) in [4.78, 5) is 10.7. The van der Waals surface area contributed by atoms with Gasteiger partial charge in [-0.3, -0.25) is 4.79 Å². The van der Waals surface area contributed by atoms with Gasteiger partial charge in [0.2, 0.25) is 5.91 Å². The number of amides is 1. The van der Waals surface area contributed by atoms with Gasteiger partial charge in [-0.2, -0.15) is 0 Å². The van der Waals surface area contributed by atoms with Gasteiger partial charge in [0, 0.05) is 5.92 Å². The van der Waals surface area contributed by atoms with Crippen molar-refractivity contribution in [2.24, 2.45) is 23.5 Å². The van der Waals surface area contributed by atoms with E-state index in [4.69, 9.17) is 5.73 Å². The van der Waals surface area contributed by atoms with E-state index in [0.29, 0.717) is 11.8 Å². The number of primary amides is 1. The van der Waals surface area contributed by atoms with E-state index >= 15 is 0 Å². The van der Waals surface area contributed by atoms with Crippen molar-refractivity contribution in [3.63, 3.8) is 0 Å². The van der Waals surface area contributed by atoms with Crippen LogP contribution >= 0.6 is 0 Å². The first-order valence-corrected chi connectivity index (χ1v) is 3.76. The van der Waals surface area contributed by atoms with Crippen LogP contribution in [0.25, 0.3) is 0 Å². The lowest BCUT2D eigenvalue weighted by Gasteiger charge is -2.19. The average molecular weight is 143 g/mol. The highest BCUT2D eigenvalue weighted by atomic mass is 16.1. The zero-order valence-electron chi connectivity index (χ0n) is 7.22. The topological polar surface area (TPSA) is 43.1 Å². The fraction of sp³-hybridized carbons (Fsp3) is 0.875. The highest BCUT2D eigenvalue weighted by Crippen LogP contribution is 2.18. The molecule has 2 atom stereocenters. The van der Waals surface area contributed by atoms with Gasteiger partial charge < -0.3 is 5.73 Å². The fourth-order valence-corrected chi connectivity index (χ4v) is 0.836. The third-order valence-electron chi connectivity index (χ3n) is 2.29. The van der Waals surface area contributed by atoms with Crippen LogP contribution < -0.4 is 5.73 Å². The van der Waals surface area contributed by atoms with Crippen LogP contribution in [-0.2, 0) is 4.79 Å². The number of hydrogen-bond acceptors (Lipinski definition) is 1. The number of hydrogen-bond donors (Lipinski definition) is 1. The molecule has 0 aromatic rings. The van der Waals surface area contributed by atoms with Crippen molar-refractivity contribution in [3.05, 3.63) is 0 Å². The molecule has 0 bridgehead atoms. The van der Waals surface area contributed by atoms with Crippen molar-refractivity contribution >= 4 is 5.91 Å². The quantitative estimate of drug-likeness (QED) is 0.637. The fourth-order valence-electron chi connectivity index (χ4n) is 0.836. The number of nitrogens with two attached hydrogens (primary N) is 1. The van der Waals surface area contributed by atoms with Crippen LogP contribution in [0.1, 0.15) is 27.7 Å². The highest BCUT2D eigenvalue weighted by Gasteiger charge is 2.19. The van der Waals surface area contributed by atoms with Crippen LogP contribution in [0.5, 0.6) is 0 Å². The molecule has 2 unspecified atom stereocenters. The van der Waals surface area contributed by atoms with E-state index in [1.165, 1.54) is 0 Å². The Balaban J connectivity index is 3.94. The molecule has 0 saturated heterocycles. The molecule has 2 heteroatoms. The van der Waals surface area contributed by atoms with Crippen LogP contribution in [0.4, 0.5) is 0 Å². The summed E-state index contributed by atoms with van der Waals surface area (Å²) in [7, 11) is 0. The molecule has 60 valence electrons. The lowest BCUT2D eigenvalue weighted by Crippen LogP contribution is -2.28. The van der Waals surface area contributed by atoms with Gasteiger partial charge in [0.25, 0.3) is 0 Å². The van der Waals surface area contributed by atoms with E-state index < -0.39 is 0 Å². The molecule has 0 aliphatic heterocycles. The normalized spacial score (nSPS) is 16.9. The summed E-state index contributed by atoms with van der Waals surface area (Å²) in [5.74, 6) is 0.723. The number of rotatable bonds is 3. The Hall–Kier alpha value is -0.530.